The van der Waals surface area contributed by atoms with Crippen LogP contribution < -0.4 is 0 Å². The number of hydrogen-bond donors (Lipinski definition) is 0. The molecule has 1 aromatic carbocycles. The van der Waals surface area contributed by atoms with Crippen molar-refractivity contribution in [2.75, 3.05) is 32.8 Å². The van der Waals surface area contributed by atoms with Gasteiger partial charge in [-0.05, 0) is 36.8 Å². The molecule has 0 atom stereocenters. The van der Waals surface area contributed by atoms with Crippen molar-refractivity contribution in [3.8, 4) is 0 Å². The van der Waals surface area contributed by atoms with E-state index in [1.165, 1.54) is 23.4 Å². The van der Waals surface area contributed by atoms with Gasteiger partial charge in [-0.3, -0.25) is 9.48 Å². The van der Waals surface area contributed by atoms with Crippen LogP contribution in [0.4, 0.5) is 4.39 Å². The largest absolute Gasteiger partial charge is 0.378 e. The summed E-state index contributed by atoms with van der Waals surface area (Å²) in [5.74, 6) is -0.615. The molecule has 0 saturated carbocycles. The number of halogens is 1. The van der Waals surface area contributed by atoms with Crippen LogP contribution in [0, 0.1) is 12.7 Å². The maximum absolute atomic E-state index is 13.5. The van der Waals surface area contributed by atoms with Crippen LogP contribution >= 0.6 is 0 Å². The summed E-state index contributed by atoms with van der Waals surface area (Å²) in [4.78, 5) is 14.4. The molecular formula is C18H21FN4O4S. The molecule has 8 nitrogen and oxygen atoms in total. The lowest BCUT2D eigenvalue weighted by atomic mass is 10.2. The molecule has 2 aliphatic heterocycles. The van der Waals surface area contributed by atoms with Gasteiger partial charge in [-0.2, -0.15) is 9.40 Å². The van der Waals surface area contributed by atoms with Crippen molar-refractivity contribution in [1.82, 2.24) is 19.0 Å². The van der Waals surface area contributed by atoms with Crippen LogP contribution in [0.2, 0.25) is 0 Å². The van der Waals surface area contributed by atoms with Gasteiger partial charge in [0.15, 0.2) is 5.69 Å². The molecule has 10 heteroatoms. The monoisotopic (exact) mass is 408 g/mol. The summed E-state index contributed by atoms with van der Waals surface area (Å²) >= 11 is 0. The number of sulfonamides is 1. The van der Waals surface area contributed by atoms with Crippen LogP contribution in [-0.4, -0.2) is 66.2 Å². The van der Waals surface area contributed by atoms with Crippen LogP contribution in [0.5, 0.6) is 0 Å². The average Bonchev–Trinajstić information content (AvgIpc) is 3.13. The number of benzene rings is 1. The molecule has 0 bridgehead atoms. The van der Waals surface area contributed by atoms with Gasteiger partial charge in [-0.15, -0.1) is 0 Å². The van der Waals surface area contributed by atoms with Crippen LogP contribution in [-0.2, 0) is 27.8 Å². The second-order valence-electron chi connectivity index (χ2n) is 6.90. The molecule has 150 valence electrons. The van der Waals surface area contributed by atoms with E-state index >= 15 is 0 Å². The van der Waals surface area contributed by atoms with Gasteiger partial charge in [0, 0.05) is 19.6 Å². The minimum absolute atomic E-state index is 0.0592. The average molecular weight is 408 g/mol. The van der Waals surface area contributed by atoms with Gasteiger partial charge in [-0.1, -0.05) is 0 Å². The molecule has 4 rings (SSSR count). The minimum Gasteiger partial charge on any atom is -0.378 e. The lowest BCUT2D eigenvalue weighted by Gasteiger charge is -2.27. The van der Waals surface area contributed by atoms with E-state index in [2.05, 4.69) is 5.10 Å². The molecule has 2 aromatic rings. The Bertz CT molecular complexity index is 1010. The van der Waals surface area contributed by atoms with Crippen molar-refractivity contribution in [2.45, 2.75) is 24.9 Å². The van der Waals surface area contributed by atoms with Gasteiger partial charge in [0.2, 0.25) is 10.0 Å². The summed E-state index contributed by atoms with van der Waals surface area (Å²) in [5.41, 5.74) is 1.25. The highest BCUT2D eigenvalue weighted by Gasteiger charge is 2.31. The third kappa shape index (κ3) is 3.43. The Kier molecular flexibility index (Phi) is 4.94. The van der Waals surface area contributed by atoms with Crippen molar-refractivity contribution < 1.29 is 22.3 Å². The SMILES string of the molecule is Cc1cc(S(=O)(=O)N2CCn3nc(C(=O)N4CCOCC4)cc3C2)ccc1F. The fraction of sp³-hybridized carbons (Fsp3) is 0.444. The van der Waals surface area contributed by atoms with Crippen molar-refractivity contribution >= 4 is 15.9 Å². The molecule has 0 N–H and O–H groups in total. The van der Waals surface area contributed by atoms with E-state index in [9.17, 15) is 17.6 Å². The van der Waals surface area contributed by atoms with E-state index in [1.807, 2.05) is 0 Å². The van der Waals surface area contributed by atoms with Crippen molar-refractivity contribution in [3.63, 3.8) is 0 Å². The standard InChI is InChI=1S/C18H21FN4O4S/c1-13-10-15(2-3-16(13)19)28(25,26)22-4-5-23-14(12-22)11-17(20-23)18(24)21-6-8-27-9-7-21/h2-3,10-11H,4-9,12H2,1H3. The number of carbonyl (C=O) groups is 1. The summed E-state index contributed by atoms with van der Waals surface area (Å²) in [6.45, 7) is 4.27. The number of carbonyl (C=O) groups excluding carboxylic acids is 1. The van der Waals surface area contributed by atoms with Crippen LogP contribution in [0.25, 0.3) is 0 Å². The first kappa shape index (κ1) is 19.0. The summed E-state index contributed by atoms with van der Waals surface area (Å²) in [5, 5.41) is 4.35. The Balaban J connectivity index is 1.55. The van der Waals surface area contributed by atoms with Gasteiger partial charge in [0.05, 0.1) is 36.9 Å². The Morgan fingerprint density at radius 3 is 2.61 bits per heavy atom. The predicted molar refractivity (Wildman–Crippen MR) is 97.7 cm³/mol. The zero-order valence-corrected chi connectivity index (χ0v) is 16.3. The first-order valence-corrected chi connectivity index (χ1v) is 10.5. The molecule has 0 radical (unpaired) electrons. The molecule has 0 aliphatic carbocycles. The van der Waals surface area contributed by atoms with E-state index in [4.69, 9.17) is 4.74 Å². The lowest BCUT2D eigenvalue weighted by Crippen LogP contribution is -2.41. The van der Waals surface area contributed by atoms with E-state index in [1.54, 1.807) is 15.6 Å². The molecule has 3 heterocycles. The number of rotatable bonds is 3. The van der Waals surface area contributed by atoms with Gasteiger partial charge in [0.25, 0.3) is 5.91 Å². The van der Waals surface area contributed by atoms with Gasteiger partial charge in [-0.25, -0.2) is 12.8 Å². The molecule has 0 spiro atoms. The highest BCUT2D eigenvalue weighted by atomic mass is 32.2. The highest BCUT2D eigenvalue weighted by Crippen LogP contribution is 2.24. The van der Waals surface area contributed by atoms with Crippen molar-refractivity contribution in [1.29, 1.82) is 0 Å². The smallest absolute Gasteiger partial charge is 0.274 e. The first-order valence-electron chi connectivity index (χ1n) is 9.06. The van der Waals surface area contributed by atoms with E-state index in [0.717, 1.165) is 6.07 Å². The molecule has 2 aliphatic rings. The Hall–Kier alpha value is -2.30. The van der Waals surface area contributed by atoms with Crippen LogP contribution in [0.1, 0.15) is 21.7 Å². The number of ether oxygens (including phenoxy) is 1. The number of aromatic nitrogens is 2. The Morgan fingerprint density at radius 2 is 1.89 bits per heavy atom. The maximum Gasteiger partial charge on any atom is 0.274 e. The molecule has 1 fully saturated rings. The Morgan fingerprint density at radius 1 is 1.14 bits per heavy atom. The van der Waals surface area contributed by atoms with E-state index in [0.29, 0.717) is 44.2 Å². The highest BCUT2D eigenvalue weighted by molar-refractivity contribution is 7.89. The van der Waals surface area contributed by atoms with E-state index in [-0.39, 0.29) is 29.5 Å². The normalized spacial score (nSPS) is 18.1. The molecule has 1 aromatic heterocycles. The van der Waals surface area contributed by atoms with Gasteiger partial charge < -0.3 is 9.64 Å². The molecular weight excluding hydrogens is 387 g/mol. The topological polar surface area (TPSA) is 84.7 Å². The predicted octanol–water partition coefficient (Wildman–Crippen LogP) is 1.01. The fourth-order valence-corrected chi connectivity index (χ4v) is 4.90. The Labute approximate surface area is 162 Å². The fourth-order valence-electron chi connectivity index (χ4n) is 3.41. The van der Waals surface area contributed by atoms with Crippen LogP contribution in [0.3, 0.4) is 0 Å². The lowest BCUT2D eigenvalue weighted by molar-refractivity contribution is 0.0298. The molecule has 0 unspecified atom stereocenters. The van der Waals surface area contributed by atoms with Gasteiger partial charge >= 0.3 is 0 Å². The minimum atomic E-state index is -3.76. The number of nitrogens with zero attached hydrogens (tertiary/aromatic N) is 4. The maximum atomic E-state index is 13.5. The third-order valence-electron chi connectivity index (χ3n) is 5.05. The second kappa shape index (κ2) is 7.26. The zero-order chi connectivity index (χ0) is 19.9. The zero-order valence-electron chi connectivity index (χ0n) is 15.5. The summed E-state index contributed by atoms with van der Waals surface area (Å²) in [6, 6.07) is 5.42. The van der Waals surface area contributed by atoms with Crippen LogP contribution in [0.15, 0.2) is 29.2 Å². The second-order valence-corrected chi connectivity index (χ2v) is 8.84. The van der Waals surface area contributed by atoms with Crippen molar-refractivity contribution in [3.05, 3.63) is 47.0 Å². The number of hydrogen-bond acceptors (Lipinski definition) is 5. The number of morpholine rings is 1. The number of fused-ring (bicyclic) bond motifs is 1. The van der Waals surface area contributed by atoms with Crippen molar-refractivity contribution in [2.24, 2.45) is 0 Å². The summed E-state index contributed by atoms with van der Waals surface area (Å²) in [6.07, 6.45) is 0. The van der Waals surface area contributed by atoms with E-state index < -0.39 is 15.8 Å². The molecule has 28 heavy (non-hydrogen) atoms. The summed E-state index contributed by atoms with van der Waals surface area (Å²) < 4.78 is 47.6. The quantitative estimate of drug-likeness (QED) is 0.757. The molecule has 1 saturated heterocycles. The summed E-state index contributed by atoms with van der Waals surface area (Å²) in [7, 11) is -3.76. The third-order valence-corrected chi connectivity index (χ3v) is 6.89. The van der Waals surface area contributed by atoms with Gasteiger partial charge in [0.1, 0.15) is 5.82 Å². The number of aryl methyl sites for hydroxylation is 1. The first-order chi connectivity index (χ1) is 13.4. The molecule has 1 amide bonds. The number of amides is 1.